The minimum atomic E-state index is -0.749. The van der Waals surface area contributed by atoms with Gasteiger partial charge in [0.1, 0.15) is 11.6 Å². The summed E-state index contributed by atoms with van der Waals surface area (Å²) in [7, 11) is 0. The van der Waals surface area contributed by atoms with Crippen molar-refractivity contribution >= 4 is 27.7 Å². The van der Waals surface area contributed by atoms with Gasteiger partial charge in [-0.15, -0.1) is 0 Å². The lowest BCUT2D eigenvalue weighted by atomic mass is 10.3. The Hall–Kier alpha value is -2.22. The summed E-state index contributed by atoms with van der Waals surface area (Å²) in [5, 5.41) is 2.29. The molecule has 0 fully saturated rings. The number of rotatable bonds is 4. The highest BCUT2D eigenvalue weighted by atomic mass is 79.9. The molecule has 8 heteroatoms. The highest BCUT2D eigenvalue weighted by Crippen LogP contribution is 2.33. The molecule has 2 rings (SSSR count). The van der Waals surface area contributed by atoms with E-state index in [9.17, 15) is 9.18 Å². The van der Waals surface area contributed by atoms with Gasteiger partial charge >= 0.3 is 12.1 Å². The Morgan fingerprint density at radius 3 is 2.76 bits per heavy atom. The molecular weight excluding hydrogens is 345 g/mol. The smallest absolute Gasteiger partial charge is 0.411 e. The number of hydrogen-bond acceptors (Lipinski definition) is 5. The van der Waals surface area contributed by atoms with Crippen LogP contribution >= 0.6 is 15.9 Å². The molecule has 0 unspecified atom stereocenters. The normalized spacial score (nSPS) is 10.0. The molecular formula is C13H11BrFN3O3. The molecule has 0 aliphatic heterocycles. The Balaban J connectivity index is 2.24. The van der Waals surface area contributed by atoms with Crippen LogP contribution < -0.4 is 10.1 Å². The van der Waals surface area contributed by atoms with E-state index in [1.54, 1.807) is 13.0 Å². The average Bonchev–Trinajstić information content (AvgIpc) is 2.45. The van der Waals surface area contributed by atoms with E-state index >= 15 is 0 Å². The van der Waals surface area contributed by atoms with E-state index in [4.69, 9.17) is 9.47 Å². The third-order valence-electron chi connectivity index (χ3n) is 2.28. The van der Waals surface area contributed by atoms with Crippen molar-refractivity contribution < 1.29 is 18.7 Å². The van der Waals surface area contributed by atoms with Crippen LogP contribution in [0.1, 0.15) is 6.92 Å². The van der Waals surface area contributed by atoms with Gasteiger partial charge in [0.15, 0.2) is 0 Å². The number of anilines is 1. The number of aromatic nitrogens is 2. The molecule has 1 aromatic heterocycles. The number of nitrogens with zero attached hydrogens (tertiary/aromatic N) is 2. The molecule has 0 aliphatic carbocycles. The summed E-state index contributed by atoms with van der Waals surface area (Å²) >= 11 is 3.17. The number of benzene rings is 1. The highest BCUT2D eigenvalue weighted by molar-refractivity contribution is 9.10. The van der Waals surface area contributed by atoms with E-state index in [0.717, 1.165) is 0 Å². The number of ether oxygens (including phenoxy) is 2. The molecule has 0 atom stereocenters. The summed E-state index contributed by atoms with van der Waals surface area (Å²) < 4.78 is 24.3. The zero-order valence-electron chi connectivity index (χ0n) is 11.0. The maximum absolute atomic E-state index is 13.8. The van der Waals surface area contributed by atoms with Crippen LogP contribution in [-0.2, 0) is 4.74 Å². The van der Waals surface area contributed by atoms with Gasteiger partial charge in [-0.25, -0.2) is 19.2 Å². The largest absolute Gasteiger partial charge is 0.450 e. The van der Waals surface area contributed by atoms with Crippen molar-refractivity contribution in [3.8, 4) is 11.8 Å². The van der Waals surface area contributed by atoms with Crippen molar-refractivity contribution in [1.29, 1.82) is 0 Å². The van der Waals surface area contributed by atoms with Gasteiger partial charge in [-0.3, -0.25) is 5.32 Å². The van der Waals surface area contributed by atoms with Crippen LogP contribution in [0, 0.1) is 5.82 Å². The van der Waals surface area contributed by atoms with E-state index in [1.807, 2.05) is 0 Å². The van der Waals surface area contributed by atoms with Crippen LogP contribution in [0.15, 0.2) is 35.1 Å². The minimum absolute atomic E-state index is 0.0671. The Bertz CT molecular complexity index is 640. The first-order valence-corrected chi connectivity index (χ1v) is 6.77. The third kappa shape index (κ3) is 4.12. The van der Waals surface area contributed by atoms with E-state index in [-0.39, 0.29) is 24.1 Å². The van der Waals surface area contributed by atoms with Crippen LogP contribution in [0.3, 0.4) is 0 Å². The summed E-state index contributed by atoms with van der Waals surface area (Å²) in [4.78, 5) is 19.1. The fourth-order valence-corrected chi connectivity index (χ4v) is 1.81. The molecule has 21 heavy (non-hydrogen) atoms. The fraction of sp³-hybridized carbons (Fsp3) is 0.154. The van der Waals surface area contributed by atoms with Crippen molar-refractivity contribution in [1.82, 2.24) is 9.97 Å². The molecule has 0 saturated heterocycles. The number of nitrogens with one attached hydrogen (secondary N) is 1. The molecule has 1 N–H and O–H groups in total. The van der Waals surface area contributed by atoms with Crippen LogP contribution in [-0.4, -0.2) is 22.7 Å². The molecule has 2 aromatic rings. The lowest BCUT2D eigenvalue weighted by Gasteiger charge is -2.10. The van der Waals surface area contributed by atoms with Crippen molar-refractivity contribution in [2.75, 3.05) is 11.9 Å². The monoisotopic (exact) mass is 355 g/mol. The van der Waals surface area contributed by atoms with E-state index < -0.39 is 11.9 Å². The first kappa shape index (κ1) is 15.2. The Labute approximate surface area is 128 Å². The Morgan fingerprint density at radius 1 is 1.38 bits per heavy atom. The molecule has 1 amide bonds. The quantitative estimate of drug-likeness (QED) is 0.904. The second-order valence-electron chi connectivity index (χ2n) is 3.74. The van der Waals surface area contributed by atoms with Crippen LogP contribution in [0.4, 0.5) is 14.9 Å². The molecule has 1 aromatic carbocycles. The summed E-state index contributed by atoms with van der Waals surface area (Å²) in [6.07, 6.45) is 2.27. The van der Waals surface area contributed by atoms with E-state index in [2.05, 4.69) is 31.2 Å². The summed E-state index contributed by atoms with van der Waals surface area (Å²) in [5.74, 6) is -0.370. The maximum Gasteiger partial charge on any atom is 0.411 e. The fourth-order valence-electron chi connectivity index (χ4n) is 1.42. The van der Waals surface area contributed by atoms with E-state index in [0.29, 0.717) is 4.47 Å². The number of carbonyl (C=O) groups is 1. The molecule has 6 nitrogen and oxygen atoms in total. The highest BCUT2D eigenvalue weighted by Gasteiger charge is 2.13. The molecule has 0 saturated carbocycles. The molecule has 1 heterocycles. The summed E-state index contributed by atoms with van der Waals surface area (Å²) in [6, 6.07) is 4.22. The zero-order valence-corrected chi connectivity index (χ0v) is 12.6. The first-order valence-electron chi connectivity index (χ1n) is 5.98. The summed E-state index contributed by atoms with van der Waals surface area (Å²) in [5.41, 5.74) is -0.0671. The standard InChI is InChI=1S/C13H11BrFN3O3/c1-2-20-13(19)18-10-7-11(8(14)6-9(10)15)21-12-16-4-3-5-17-12/h3-7H,2H2,1H3,(H,18,19). The number of hydrogen-bond donors (Lipinski definition) is 1. The molecule has 0 spiro atoms. The van der Waals surface area contributed by atoms with Crippen molar-refractivity contribution in [2.24, 2.45) is 0 Å². The lowest BCUT2D eigenvalue weighted by molar-refractivity contribution is 0.168. The van der Waals surface area contributed by atoms with Gasteiger partial charge < -0.3 is 9.47 Å². The predicted octanol–water partition coefficient (Wildman–Crippen LogP) is 3.74. The maximum atomic E-state index is 13.8. The van der Waals surface area contributed by atoms with E-state index in [1.165, 1.54) is 24.5 Å². The minimum Gasteiger partial charge on any atom is -0.450 e. The second-order valence-corrected chi connectivity index (χ2v) is 4.60. The molecule has 110 valence electrons. The Kier molecular flexibility index (Phi) is 5.04. The van der Waals surface area contributed by atoms with Crippen molar-refractivity contribution in [3.05, 3.63) is 40.9 Å². The summed E-state index contributed by atoms with van der Waals surface area (Å²) in [6.45, 7) is 1.84. The van der Waals surface area contributed by atoms with Crippen molar-refractivity contribution in [2.45, 2.75) is 6.92 Å². The van der Waals surface area contributed by atoms with Gasteiger partial charge in [0, 0.05) is 18.5 Å². The average molecular weight is 356 g/mol. The first-order chi connectivity index (χ1) is 10.1. The number of carbonyl (C=O) groups excluding carboxylic acids is 1. The van der Waals surface area contributed by atoms with Crippen LogP contribution in [0.25, 0.3) is 0 Å². The SMILES string of the molecule is CCOC(=O)Nc1cc(Oc2ncccn2)c(Br)cc1F. The van der Waals surface area contributed by atoms with Gasteiger partial charge in [0.05, 0.1) is 16.8 Å². The van der Waals surface area contributed by atoms with Crippen LogP contribution in [0.2, 0.25) is 0 Å². The number of amides is 1. The molecule has 0 bridgehead atoms. The zero-order chi connectivity index (χ0) is 15.2. The van der Waals surface area contributed by atoms with Crippen molar-refractivity contribution in [3.63, 3.8) is 0 Å². The predicted molar refractivity (Wildman–Crippen MR) is 76.9 cm³/mol. The molecule has 0 radical (unpaired) electrons. The van der Waals surface area contributed by atoms with Gasteiger partial charge in [-0.1, -0.05) is 0 Å². The topological polar surface area (TPSA) is 73.3 Å². The Morgan fingerprint density at radius 2 is 2.10 bits per heavy atom. The second kappa shape index (κ2) is 6.98. The lowest BCUT2D eigenvalue weighted by Crippen LogP contribution is -2.14. The third-order valence-corrected chi connectivity index (χ3v) is 2.90. The number of halogens is 2. The van der Waals surface area contributed by atoms with Gasteiger partial charge in [0.25, 0.3) is 0 Å². The van der Waals surface area contributed by atoms with Crippen LogP contribution in [0.5, 0.6) is 11.8 Å². The van der Waals surface area contributed by atoms with Gasteiger partial charge in [0.2, 0.25) is 0 Å². The van der Waals surface area contributed by atoms with Gasteiger partial charge in [-0.2, -0.15) is 0 Å². The molecule has 0 aliphatic rings. The van der Waals surface area contributed by atoms with Gasteiger partial charge in [-0.05, 0) is 35.0 Å².